The van der Waals surface area contributed by atoms with Gasteiger partial charge < -0.3 is 10.2 Å². The fraction of sp³-hybridized carbons (Fsp3) is 0.600. The van der Waals surface area contributed by atoms with E-state index in [0.717, 1.165) is 18.7 Å². The molecule has 0 aromatic heterocycles. The van der Waals surface area contributed by atoms with E-state index in [9.17, 15) is 9.59 Å². The minimum absolute atomic E-state index is 0.0199. The van der Waals surface area contributed by atoms with E-state index in [2.05, 4.69) is 12.2 Å². The predicted molar refractivity (Wildman–Crippen MR) is 98.0 cm³/mol. The zero-order chi connectivity index (χ0) is 17.4. The third kappa shape index (κ3) is 5.36. The van der Waals surface area contributed by atoms with Crippen molar-refractivity contribution in [3.8, 4) is 0 Å². The molecule has 0 aliphatic carbocycles. The minimum atomic E-state index is -0.223. The molecule has 0 saturated carbocycles. The van der Waals surface area contributed by atoms with Gasteiger partial charge in [-0.3, -0.25) is 9.59 Å². The van der Waals surface area contributed by atoms with Gasteiger partial charge in [0.25, 0.3) is 0 Å². The third-order valence-corrected chi connectivity index (χ3v) is 4.67. The molecule has 0 spiro atoms. The second-order valence-electron chi connectivity index (χ2n) is 6.80. The molecule has 1 N–H and O–H groups in total. The molecule has 0 bridgehead atoms. The summed E-state index contributed by atoms with van der Waals surface area (Å²) in [5.41, 5.74) is 2.05. The van der Waals surface area contributed by atoms with E-state index in [1.165, 1.54) is 37.7 Å². The molecule has 1 aliphatic heterocycles. The average Bonchev–Trinajstić information content (AvgIpc) is 2.96. The SMILES string of the molecule is CCCCCCCCNC(=O)C1CC(=O)N(c2ccc(C)cc2)C1. The maximum absolute atomic E-state index is 12.3. The largest absolute Gasteiger partial charge is 0.356 e. The van der Waals surface area contributed by atoms with Crippen molar-refractivity contribution in [3.63, 3.8) is 0 Å². The fourth-order valence-electron chi connectivity index (χ4n) is 3.12. The number of carbonyl (C=O) groups is 2. The number of aryl methyl sites for hydroxylation is 1. The van der Waals surface area contributed by atoms with Crippen LogP contribution in [-0.2, 0) is 9.59 Å². The van der Waals surface area contributed by atoms with Gasteiger partial charge in [0.05, 0.1) is 5.92 Å². The van der Waals surface area contributed by atoms with E-state index < -0.39 is 0 Å². The Hall–Kier alpha value is -1.84. The fourth-order valence-corrected chi connectivity index (χ4v) is 3.12. The lowest BCUT2D eigenvalue weighted by Gasteiger charge is -2.17. The first-order valence-electron chi connectivity index (χ1n) is 9.26. The number of rotatable bonds is 9. The van der Waals surface area contributed by atoms with Crippen molar-refractivity contribution < 1.29 is 9.59 Å². The molecular weight excluding hydrogens is 300 g/mol. The Morgan fingerprint density at radius 1 is 1.12 bits per heavy atom. The maximum atomic E-state index is 12.3. The van der Waals surface area contributed by atoms with Gasteiger partial charge in [-0.25, -0.2) is 0 Å². The summed E-state index contributed by atoms with van der Waals surface area (Å²) in [6.45, 7) is 5.45. The molecule has 2 amide bonds. The lowest BCUT2D eigenvalue weighted by atomic mass is 10.1. The molecule has 4 heteroatoms. The summed E-state index contributed by atoms with van der Waals surface area (Å²) in [6, 6.07) is 7.89. The van der Waals surface area contributed by atoms with E-state index >= 15 is 0 Å². The van der Waals surface area contributed by atoms with Crippen LogP contribution in [0.2, 0.25) is 0 Å². The van der Waals surface area contributed by atoms with Crippen molar-refractivity contribution in [2.24, 2.45) is 5.92 Å². The predicted octanol–water partition coefficient (Wildman–Crippen LogP) is 3.82. The molecule has 1 fully saturated rings. The number of unbranched alkanes of at least 4 members (excludes halogenated alkanes) is 5. The summed E-state index contributed by atoms with van der Waals surface area (Å²) in [5.74, 6) is -0.163. The van der Waals surface area contributed by atoms with Crippen molar-refractivity contribution >= 4 is 17.5 Å². The lowest BCUT2D eigenvalue weighted by molar-refractivity contribution is -0.126. The van der Waals surface area contributed by atoms with Gasteiger partial charge >= 0.3 is 0 Å². The molecule has 1 saturated heterocycles. The van der Waals surface area contributed by atoms with Crippen LogP contribution < -0.4 is 10.2 Å². The molecular formula is C20H30N2O2. The number of anilines is 1. The van der Waals surface area contributed by atoms with Crippen LogP contribution in [0.1, 0.15) is 57.4 Å². The number of nitrogens with zero attached hydrogens (tertiary/aromatic N) is 1. The van der Waals surface area contributed by atoms with E-state index in [1.54, 1.807) is 4.90 Å². The third-order valence-electron chi connectivity index (χ3n) is 4.67. The number of hydrogen-bond donors (Lipinski definition) is 1. The highest BCUT2D eigenvalue weighted by Gasteiger charge is 2.34. The van der Waals surface area contributed by atoms with Crippen molar-refractivity contribution in [1.29, 1.82) is 0 Å². The van der Waals surface area contributed by atoms with Gasteiger partial charge in [0.15, 0.2) is 0 Å². The summed E-state index contributed by atoms with van der Waals surface area (Å²) in [6.07, 6.45) is 7.59. The van der Waals surface area contributed by atoms with E-state index in [0.29, 0.717) is 13.0 Å². The zero-order valence-corrected chi connectivity index (χ0v) is 15.0. The molecule has 1 atom stereocenters. The summed E-state index contributed by atoms with van der Waals surface area (Å²) in [7, 11) is 0. The first-order valence-corrected chi connectivity index (χ1v) is 9.26. The van der Waals surface area contributed by atoms with Crippen molar-refractivity contribution in [2.75, 3.05) is 18.0 Å². The van der Waals surface area contributed by atoms with Crippen LogP contribution in [0.4, 0.5) is 5.69 Å². The maximum Gasteiger partial charge on any atom is 0.227 e. The molecule has 2 rings (SSSR count). The molecule has 132 valence electrons. The Morgan fingerprint density at radius 2 is 1.79 bits per heavy atom. The highest BCUT2D eigenvalue weighted by Crippen LogP contribution is 2.25. The Labute approximate surface area is 145 Å². The molecule has 0 radical (unpaired) electrons. The van der Waals surface area contributed by atoms with Crippen molar-refractivity contribution in [3.05, 3.63) is 29.8 Å². The Kier molecular flexibility index (Phi) is 7.29. The van der Waals surface area contributed by atoms with Gasteiger partial charge in [0, 0.05) is 25.2 Å². The number of benzene rings is 1. The Balaban J connectivity index is 1.72. The van der Waals surface area contributed by atoms with Crippen molar-refractivity contribution in [2.45, 2.75) is 58.8 Å². The normalized spacial score (nSPS) is 17.3. The second-order valence-corrected chi connectivity index (χ2v) is 6.80. The van der Waals surface area contributed by atoms with Crippen molar-refractivity contribution in [1.82, 2.24) is 5.32 Å². The Morgan fingerprint density at radius 3 is 2.50 bits per heavy atom. The topological polar surface area (TPSA) is 49.4 Å². The molecule has 1 heterocycles. The molecule has 1 aromatic rings. The Bertz CT molecular complexity index is 539. The lowest BCUT2D eigenvalue weighted by Crippen LogP contribution is -2.33. The summed E-state index contributed by atoms with van der Waals surface area (Å²) < 4.78 is 0. The smallest absolute Gasteiger partial charge is 0.227 e. The molecule has 24 heavy (non-hydrogen) atoms. The van der Waals surface area contributed by atoms with Crippen LogP contribution in [0.3, 0.4) is 0 Å². The summed E-state index contributed by atoms with van der Waals surface area (Å²) in [5, 5.41) is 3.00. The number of carbonyl (C=O) groups excluding carboxylic acids is 2. The van der Waals surface area contributed by atoms with Gasteiger partial charge in [-0.1, -0.05) is 56.7 Å². The van der Waals surface area contributed by atoms with Crippen LogP contribution >= 0.6 is 0 Å². The first kappa shape index (κ1) is 18.5. The average molecular weight is 330 g/mol. The molecule has 1 aromatic carbocycles. The quantitative estimate of drug-likeness (QED) is 0.700. The minimum Gasteiger partial charge on any atom is -0.356 e. The monoisotopic (exact) mass is 330 g/mol. The van der Waals surface area contributed by atoms with Crippen LogP contribution in [0.5, 0.6) is 0 Å². The van der Waals surface area contributed by atoms with E-state index in [-0.39, 0.29) is 17.7 Å². The number of hydrogen-bond acceptors (Lipinski definition) is 2. The van der Waals surface area contributed by atoms with E-state index in [1.807, 2.05) is 31.2 Å². The molecule has 1 unspecified atom stereocenters. The van der Waals surface area contributed by atoms with Crippen LogP contribution in [0, 0.1) is 12.8 Å². The van der Waals surface area contributed by atoms with Gasteiger partial charge in [0.1, 0.15) is 0 Å². The van der Waals surface area contributed by atoms with Gasteiger partial charge in [-0.15, -0.1) is 0 Å². The van der Waals surface area contributed by atoms with Crippen LogP contribution in [-0.4, -0.2) is 24.9 Å². The van der Waals surface area contributed by atoms with Gasteiger partial charge in [-0.2, -0.15) is 0 Å². The number of amides is 2. The van der Waals surface area contributed by atoms with E-state index in [4.69, 9.17) is 0 Å². The van der Waals surface area contributed by atoms with Gasteiger partial charge in [0.2, 0.25) is 11.8 Å². The second kappa shape index (κ2) is 9.45. The summed E-state index contributed by atoms with van der Waals surface area (Å²) >= 11 is 0. The van der Waals surface area contributed by atoms with Crippen LogP contribution in [0.15, 0.2) is 24.3 Å². The molecule has 4 nitrogen and oxygen atoms in total. The highest BCUT2D eigenvalue weighted by atomic mass is 16.2. The number of nitrogens with one attached hydrogen (secondary N) is 1. The first-order chi connectivity index (χ1) is 11.6. The van der Waals surface area contributed by atoms with Crippen LogP contribution in [0.25, 0.3) is 0 Å². The van der Waals surface area contributed by atoms with Gasteiger partial charge in [-0.05, 0) is 25.5 Å². The summed E-state index contributed by atoms with van der Waals surface area (Å²) in [4.78, 5) is 26.2. The standard InChI is InChI=1S/C20H30N2O2/c1-3-4-5-6-7-8-13-21-20(24)17-14-19(23)22(15-17)18-11-9-16(2)10-12-18/h9-12,17H,3-8,13-15H2,1-2H3,(H,21,24). The highest BCUT2D eigenvalue weighted by molar-refractivity contribution is 6.00. The molecule has 1 aliphatic rings. The zero-order valence-electron chi connectivity index (χ0n) is 15.0.